The minimum atomic E-state index is -4.00. The molecule has 0 heterocycles. The van der Waals surface area contributed by atoms with Crippen molar-refractivity contribution in [3.8, 4) is 0 Å². The van der Waals surface area contributed by atoms with Crippen molar-refractivity contribution in [1.29, 1.82) is 0 Å². The summed E-state index contributed by atoms with van der Waals surface area (Å²) in [4.78, 5) is 34.2. The zero-order chi connectivity index (χ0) is 43.0. The van der Waals surface area contributed by atoms with Gasteiger partial charge in [0.15, 0.2) is 11.6 Å². The maximum absolute atomic E-state index is 12.2. The fourth-order valence-electron chi connectivity index (χ4n) is 7.31. The Morgan fingerprint density at radius 2 is 0.661 bits per heavy atom. The van der Waals surface area contributed by atoms with Gasteiger partial charge in [-0.1, -0.05) is 230 Å². The zero-order valence-corrected chi connectivity index (χ0v) is 39.7. The van der Waals surface area contributed by atoms with Crippen LogP contribution in [0.1, 0.15) is 258 Å². The Morgan fingerprint density at radius 3 is 0.983 bits per heavy atom. The van der Waals surface area contributed by atoms with Crippen LogP contribution in [0.2, 0.25) is 0 Å². The second kappa shape index (κ2) is 47.5. The molecule has 0 aliphatic rings. The molecule has 0 atom stereocenters. The minimum Gasteiger partial charge on any atom is -0.302 e. The van der Waals surface area contributed by atoms with Gasteiger partial charge in [-0.05, 0) is 63.5 Å². The van der Waals surface area contributed by atoms with Crippen molar-refractivity contribution in [3.05, 3.63) is 48.6 Å². The summed E-state index contributed by atoms with van der Waals surface area (Å²) >= 11 is 0. The average Bonchev–Trinajstić information content (AvgIpc) is 3.22. The summed E-state index contributed by atoms with van der Waals surface area (Å²) in [7, 11) is -4.00. The highest BCUT2D eigenvalue weighted by atomic mass is 31.2. The summed E-state index contributed by atoms with van der Waals surface area (Å²) < 4.78 is 22.5. The molecule has 7 heteroatoms. The number of rotatable bonds is 48. The van der Waals surface area contributed by atoms with Crippen molar-refractivity contribution < 1.29 is 28.1 Å². The normalized spacial score (nSPS) is 12.4. The van der Waals surface area contributed by atoms with Crippen LogP contribution in [0.3, 0.4) is 0 Å². The lowest BCUT2D eigenvalue weighted by Crippen LogP contribution is -1.99. The molecule has 0 amide bonds. The third-order valence-corrected chi connectivity index (χ3v) is 12.2. The van der Waals surface area contributed by atoms with Crippen LogP contribution in [0.25, 0.3) is 0 Å². The van der Waals surface area contributed by atoms with Gasteiger partial charge in [-0.25, -0.2) is 4.57 Å². The van der Waals surface area contributed by atoms with E-state index in [2.05, 4.69) is 26.0 Å². The fourth-order valence-corrected chi connectivity index (χ4v) is 8.10. The van der Waals surface area contributed by atoms with Crippen molar-refractivity contribution in [2.45, 2.75) is 258 Å². The number of phosphoric acid groups is 1. The first kappa shape index (κ1) is 57.4. The van der Waals surface area contributed by atoms with Crippen LogP contribution >= 0.6 is 7.82 Å². The summed E-state index contributed by atoms with van der Waals surface area (Å²) in [5.74, 6) is 0.382. The molecule has 0 bridgehead atoms. The van der Waals surface area contributed by atoms with Crippen LogP contribution < -0.4 is 0 Å². The van der Waals surface area contributed by atoms with Gasteiger partial charge in [-0.2, -0.15) is 0 Å². The van der Waals surface area contributed by atoms with Crippen molar-refractivity contribution in [2.24, 2.45) is 0 Å². The molecular formula is C52H95O6P. The van der Waals surface area contributed by atoms with E-state index in [4.69, 9.17) is 9.05 Å². The fraction of sp³-hybridized carbons (Fsp3) is 0.808. The van der Waals surface area contributed by atoms with Crippen LogP contribution in [0.4, 0.5) is 0 Å². The van der Waals surface area contributed by atoms with Crippen LogP contribution in [-0.4, -0.2) is 29.7 Å². The van der Waals surface area contributed by atoms with Crippen LogP contribution in [0, 0.1) is 0 Å². The number of phosphoric ester groups is 1. The highest BCUT2D eigenvalue weighted by Crippen LogP contribution is 2.43. The van der Waals surface area contributed by atoms with E-state index >= 15 is 0 Å². The third kappa shape index (κ3) is 48.9. The highest BCUT2D eigenvalue weighted by molar-refractivity contribution is 7.47. The van der Waals surface area contributed by atoms with Crippen molar-refractivity contribution in [1.82, 2.24) is 0 Å². The molecule has 0 aromatic heterocycles. The highest BCUT2D eigenvalue weighted by Gasteiger charge is 2.20. The second-order valence-corrected chi connectivity index (χ2v) is 18.5. The molecule has 1 N–H and O–H groups in total. The predicted octanol–water partition coefficient (Wildman–Crippen LogP) is 17.3. The Kier molecular flexibility index (Phi) is 46.2. The molecule has 0 aromatic carbocycles. The number of hydrogen-bond donors (Lipinski definition) is 1. The first-order chi connectivity index (χ1) is 28.9. The van der Waals surface area contributed by atoms with Gasteiger partial charge in [0.2, 0.25) is 0 Å². The molecule has 0 spiro atoms. The average molecular weight is 847 g/mol. The van der Waals surface area contributed by atoms with Crippen molar-refractivity contribution in [3.63, 3.8) is 0 Å². The molecule has 59 heavy (non-hydrogen) atoms. The van der Waals surface area contributed by atoms with Gasteiger partial charge in [0.25, 0.3) is 0 Å². The molecule has 0 aromatic rings. The number of ketones is 2. The molecule has 344 valence electrons. The van der Waals surface area contributed by atoms with E-state index in [1.54, 1.807) is 12.2 Å². The number of unbranched alkanes of at least 4 members (excludes halogenated alkanes) is 32. The molecule has 0 unspecified atom stereocenters. The quantitative estimate of drug-likeness (QED) is 0.0284. The zero-order valence-electron chi connectivity index (χ0n) is 38.8. The van der Waals surface area contributed by atoms with Crippen molar-refractivity contribution in [2.75, 3.05) is 13.2 Å². The SMILES string of the molecule is CCCCCCCCCCCCC/C=C/C=C/C(=O)CCCCCCCCOP(=O)(O)OCCCCCCCCC(=O)/C=C/C=C/CCCCCCCCCCCCC. The molecule has 0 saturated carbocycles. The first-order valence-electron chi connectivity index (χ1n) is 25.2. The summed E-state index contributed by atoms with van der Waals surface area (Å²) in [5.41, 5.74) is 0. The van der Waals surface area contributed by atoms with Gasteiger partial charge in [0, 0.05) is 12.8 Å². The second-order valence-electron chi connectivity index (χ2n) is 17.0. The first-order valence-corrected chi connectivity index (χ1v) is 26.7. The minimum absolute atomic E-state index is 0.191. The molecule has 0 aliphatic carbocycles. The van der Waals surface area contributed by atoms with Gasteiger partial charge in [0.1, 0.15) is 0 Å². The number of carbonyl (C=O) groups excluding carboxylic acids is 2. The monoisotopic (exact) mass is 847 g/mol. The Balaban J connectivity index is 3.52. The lowest BCUT2D eigenvalue weighted by molar-refractivity contribution is -0.115. The largest absolute Gasteiger partial charge is 0.472 e. The molecule has 0 saturated heterocycles. The Labute approximate surface area is 365 Å². The van der Waals surface area contributed by atoms with Crippen LogP contribution in [0.15, 0.2) is 48.6 Å². The predicted molar refractivity (Wildman–Crippen MR) is 255 cm³/mol. The Bertz CT molecular complexity index is 999. The maximum atomic E-state index is 12.2. The van der Waals surface area contributed by atoms with E-state index in [9.17, 15) is 19.0 Å². The van der Waals surface area contributed by atoms with E-state index in [0.29, 0.717) is 12.8 Å². The van der Waals surface area contributed by atoms with E-state index in [-0.39, 0.29) is 24.8 Å². The smallest absolute Gasteiger partial charge is 0.302 e. The molecule has 6 nitrogen and oxygen atoms in total. The molecule has 0 aliphatic heterocycles. The molecule has 0 radical (unpaired) electrons. The van der Waals surface area contributed by atoms with Crippen LogP contribution in [-0.2, 0) is 23.2 Å². The molecule has 0 rings (SSSR count). The number of carbonyl (C=O) groups is 2. The number of allylic oxidation sites excluding steroid dienone is 8. The lowest BCUT2D eigenvalue weighted by atomic mass is 10.1. The van der Waals surface area contributed by atoms with Gasteiger partial charge < -0.3 is 4.89 Å². The summed E-state index contributed by atoms with van der Waals surface area (Å²) in [6.45, 7) is 4.97. The Morgan fingerprint density at radius 1 is 0.390 bits per heavy atom. The summed E-state index contributed by atoms with van der Waals surface area (Å²) in [6.07, 6.45) is 60.1. The third-order valence-electron chi connectivity index (χ3n) is 11.2. The van der Waals surface area contributed by atoms with Crippen LogP contribution in [0.5, 0.6) is 0 Å². The van der Waals surface area contributed by atoms with E-state index in [1.165, 1.54) is 141 Å². The summed E-state index contributed by atoms with van der Waals surface area (Å²) in [5, 5.41) is 0. The van der Waals surface area contributed by atoms with Gasteiger partial charge in [-0.3, -0.25) is 18.6 Å². The van der Waals surface area contributed by atoms with Crippen molar-refractivity contribution >= 4 is 19.4 Å². The van der Waals surface area contributed by atoms with Gasteiger partial charge in [-0.15, -0.1) is 0 Å². The van der Waals surface area contributed by atoms with E-state index in [0.717, 1.165) is 89.9 Å². The molecule has 0 fully saturated rings. The summed E-state index contributed by atoms with van der Waals surface area (Å²) in [6, 6.07) is 0. The Hall–Kier alpha value is -1.59. The maximum Gasteiger partial charge on any atom is 0.472 e. The molecular weight excluding hydrogens is 752 g/mol. The topological polar surface area (TPSA) is 89.9 Å². The van der Waals surface area contributed by atoms with E-state index < -0.39 is 7.82 Å². The number of hydrogen-bond acceptors (Lipinski definition) is 5. The standard InChI is InChI=1S/C52H95O6P/c1-3-5-7-9-11-13-15-17-19-21-23-25-27-33-39-45-51(53)47-41-35-29-31-37-43-49-57-59(55,56)58-50-44-38-32-30-36-42-48-52(54)46-40-34-28-26-24-22-20-18-16-14-12-10-8-6-4-2/h27-28,33-34,39-40,45-46H,3-26,29-32,35-38,41-44,47-50H2,1-2H3,(H,55,56)/b33-27+,34-28+,45-39+,46-40+. The lowest BCUT2D eigenvalue weighted by Gasteiger charge is -2.12. The van der Waals surface area contributed by atoms with Gasteiger partial charge in [0.05, 0.1) is 13.2 Å². The van der Waals surface area contributed by atoms with Gasteiger partial charge >= 0.3 is 7.82 Å². The van der Waals surface area contributed by atoms with E-state index in [1.807, 2.05) is 24.3 Å².